The van der Waals surface area contributed by atoms with Gasteiger partial charge in [-0.3, -0.25) is 0 Å². The lowest BCUT2D eigenvalue weighted by atomic mass is 9.72. The molecule has 0 fully saturated rings. The van der Waals surface area contributed by atoms with Gasteiger partial charge in [-0.15, -0.1) is 0 Å². The molecule has 0 aliphatic carbocycles. The van der Waals surface area contributed by atoms with Crippen molar-refractivity contribution in [1.29, 1.82) is 0 Å². The number of nitrogen functional groups attached to an aromatic ring is 1. The first-order valence-electron chi connectivity index (χ1n) is 5.37. The summed E-state index contributed by atoms with van der Waals surface area (Å²) in [5.74, 6) is 0.341. The second-order valence-electron chi connectivity index (χ2n) is 5.26. The van der Waals surface area contributed by atoms with E-state index in [4.69, 9.17) is 11.5 Å². The molecule has 1 heterocycles. The molecule has 0 spiro atoms. The Hall–Kier alpha value is -1.13. The first-order valence-corrected chi connectivity index (χ1v) is 5.37. The average Bonchev–Trinajstić information content (AvgIpc) is 2.19. The van der Waals surface area contributed by atoms with Crippen LogP contribution in [0.25, 0.3) is 0 Å². The predicted octanol–water partition coefficient (Wildman–Crippen LogP) is 1.16. The molecule has 4 heteroatoms. The first kappa shape index (κ1) is 12.9. The van der Waals surface area contributed by atoms with Crippen molar-refractivity contribution < 1.29 is 5.11 Å². The molecule has 1 aromatic rings. The van der Waals surface area contributed by atoms with Crippen LogP contribution >= 0.6 is 0 Å². The quantitative estimate of drug-likeness (QED) is 0.702. The monoisotopic (exact) mass is 223 g/mol. The van der Waals surface area contributed by atoms with E-state index in [0.29, 0.717) is 11.4 Å². The van der Waals surface area contributed by atoms with Crippen LogP contribution in [0.5, 0.6) is 0 Å². The zero-order valence-corrected chi connectivity index (χ0v) is 10.4. The number of anilines is 1. The summed E-state index contributed by atoms with van der Waals surface area (Å²) in [5, 5.41) is 10.7. The third kappa shape index (κ3) is 2.03. The molecular formula is C12H21N3O. The summed E-state index contributed by atoms with van der Waals surface area (Å²) < 4.78 is 0. The van der Waals surface area contributed by atoms with Crippen molar-refractivity contribution in [2.75, 3.05) is 12.3 Å². The highest BCUT2D eigenvalue weighted by atomic mass is 16.3. The number of nitrogens with two attached hydrogens (primary N) is 2. The van der Waals surface area contributed by atoms with E-state index >= 15 is 0 Å². The van der Waals surface area contributed by atoms with E-state index in [1.807, 2.05) is 33.8 Å². The number of hydrogen-bond donors (Lipinski definition) is 3. The summed E-state index contributed by atoms with van der Waals surface area (Å²) in [6, 6.07) is 1.85. The smallest absolute Gasteiger partial charge is 0.129 e. The van der Waals surface area contributed by atoms with Gasteiger partial charge in [0.05, 0.1) is 0 Å². The highest BCUT2D eigenvalue weighted by Gasteiger charge is 2.42. The SMILES string of the molecule is Cc1cnc(N)c(C(O)(CN)C(C)(C)C)c1. The topological polar surface area (TPSA) is 85.2 Å². The molecule has 1 atom stereocenters. The standard InChI is InChI=1S/C12H21N3O/c1-8-5-9(10(14)15-6-8)12(16,7-13)11(2,3)4/h5-6,16H,7,13H2,1-4H3,(H2,14,15). The molecule has 4 nitrogen and oxygen atoms in total. The number of nitrogens with zero attached hydrogens (tertiary/aromatic N) is 1. The van der Waals surface area contributed by atoms with Gasteiger partial charge in [0, 0.05) is 18.3 Å². The maximum Gasteiger partial charge on any atom is 0.129 e. The molecule has 0 aromatic carbocycles. The molecule has 5 N–H and O–H groups in total. The Balaban J connectivity index is 3.39. The van der Waals surface area contributed by atoms with Crippen LogP contribution in [0, 0.1) is 12.3 Å². The van der Waals surface area contributed by atoms with Crippen LogP contribution in [0.1, 0.15) is 31.9 Å². The summed E-state index contributed by atoms with van der Waals surface area (Å²) in [5.41, 5.74) is 11.5. The third-order valence-electron chi connectivity index (χ3n) is 3.04. The molecule has 1 rings (SSSR count). The number of rotatable bonds is 2. The number of aryl methyl sites for hydroxylation is 1. The van der Waals surface area contributed by atoms with Crippen LogP contribution in [-0.4, -0.2) is 16.6 Å². The maximum absolute atomic E-state index is 10.7. The van der Waals surface area contributed by atoms with Gasteiger partial charge in [0.2, 0.25) is 0 Å². The summed E-state index contributed by atoms with van der Waals surface area (Å²) in [4.78, 5) is 4.07. The molecule has 16 heavy (non-hydrogen) atoms. The molecule has 0 radical (unpaired) electrons. The van der Waals surface area contributed by atoms with Gasteiger partial charge in [-0.05, 0) is 24.0 Å². The average molecular weight is 223 g/mol. The lowest BCUT2D eigenvalue weighted by Gasteiger charge is -2.40. The molecule has 0 aliphatic heterocycles. The predicted molar refractivity (Wildman–Crippen MR) is 65.8 cm³/mol. The van der Waals surface area contributed by atoms with E-state index in [-0.39, 0.29) is 6.54 Å². The fraction of sp³-hybridized carbons (Fsp3) is 0.583. The normalized spacial score (nSPS) is 15.9. The summed E-state index contributed by atoms with van der Waals surface area (Å²) in [7, 11) is 0. The van der Waals surface area contributed by atoms with Gasteiger partial charge in [-0.25, -0.2) is 4.98 Å². The highest BCUT2D eigenvalue weighted by molar-refractivity contribution is 5.46. The molecule has 0 saturated carbocycles. The lowest BCUT2D eigenvalue weighted by molar-refractivity contribution is -0.0553. The van der Waals surface area contributed by atoms with Crippen LogP contribution < -0.4 is 11.5 Å². The Kier molecular flexibility index (Phi) is 3.26. The number of aliphatic hydroxyl groups is 1. The van der Waals surface area contributed by atoms with Crippen molar-refractivity contribution in [3.63, 3.8) is 0 Å². The lowest BCUT2D eigenvalue weighted by Crippen LogP contribution is -2.47. The van der Waals surface area contributed by atoms with Gasteiger partial charge in [0.15, 0.2) is 0 Å². The van der Waals surface area contributed by atoms with Crippen LogP contribution in [-0.2, 0) is 5.60 Å². The van der Waals surface area contributed by atoms with Gasteiger partial charge in [-0.1, -0.05) is 20.8 Å². The Bertz CT molecular complexity index is 384. The Morgan fingerprint density at radius 3 is 2.38 bits per heavy atom. The first-order chi connectivity index (χ1) is 7.22. The van der Waals surface area contributed by atoms with Crippen molar-refractivity contribution in [2.24, 2.45) is 11.1 Å². The van der Waals surface area contributed by atoms with Gasteiger partial charge in [0.25, 0.3) is 0 Å². The summed E-state index contributed by atoms with van der Waals surface area (Å²) >= 11 is 0. The van der Waals surface area contributed by atoms with E-state index in [1.54, 1.807) is 6.20 Å². The minimum atomic E-state index is -1.16. The van der Waals surface area contributed by atoms with Crippen molar-refractivity contribution >= 4 is 5.82 Å². The maximum atomic E-state index is 10.7. The van der Waals surface area contributed by atoms with E-state index in [1.165, 1.54) is 0 Å². The third-order valence-corrected chi connectivity index (χ3v) is 3.04. The molecule has 1 aromatic heterocycles. The fourth-order valence-corrected chi connectivity index (χ4v) is 1.73. The van der Waals surface area contributed by atoms with E-state index in [0.717, 1.165) is 5.56 Å². The van der Waals surface area contributed by atoms with Crippen molar-refractivity contribution in [3.8, 4) is 0 Å². The summed E-state index contributed by atoms with van der Waals surface area (Å²) in [6.07, 6.45) is 1.68. The van der Waals surface area contributed by atoms with E-state index < -0.39 is 11.0 Å². The van der Waals surface area contributed by atoms with Crippen LogP contribution in [0.4, 0.5) is 5.82 Å². The zero-order valence-electron chi connectivity index (χ0n) is 10.4. The van der Waals surface area contributed by atoms with Crippen molar-refractivity contribution in [3.05, 3.63) is 23.4 Å². The largest absolute Gasteiger partial charge is 0.383 e. The second-order valence-corrected chi connectivity index (χ2v) is 5.26. The number of pyridine rings is 1. The van der Waals surface area contributed by atoms with Crippen LogP contribution in [0.2, 0.25) is 0 Å². The number of aromatic nitrogens is 1. The highest BCUT2D eigenvalue weighted by Crippen LogP contribution is 2.40. The Morgan fingerprint density at radius 2 is 1.94 bits per heavy atom. The molecule has 90 valence electrons. The summed E-state index contributed by atoms with van der Waals surface area (Å²) in [6.45, 7) is 7.83. The minimum absolute atomic E-state index is 0.117. The van der Waals surface area contributed by atoms with Crippen LogP contribution in [0.3, 0.4) is 0 Å². The molecule has 0 bridgehead atoms. The van der Waals surface area contributed by atoms with Gasteiger partial charge >= 0.3 is 0 Å². The van der Waals surface area contributed by atoms with Gasteiger partial charge in [-0.2, -0.15) is 0 Å². The van der Waals surface area contributed by atoms with Gasteiger partial charge < -0.3 is 16.6 Å². The van der Waals surface area contributed by atoms with Crippen LogP contribution in [0.15, 0.2) is 12.3 Å². The molecule has 0 saturated heterocycles. The zero-order chi connectivity index (χ0) is 12.6. The Morgan fingerprint density at radius 1 is 1.38 bits per heavy atom. The molecule has 0 aliphatic rings. The Labute approximate surface area is 96.7 Å². The molecular weight excluding hydrogens is 202 g/mol. The van der Waals surface area contributed by atoms with Gasteiger partial charge in [0.1, 0.15) is 11.4 Å². The van der Waals surface area contributed by atoms with Crippen molar-refractivity contribution in [1.82, 2.24) is 4.98 Å². The van der Waals surface area contributed by atoms with E-state index in [9.17, 15) is 5.11 Å². The second kappa shape index (κ2) is 4.03. The molecule has 0 amide bonds. The number of hydrogen-bond acceptors (Lipinski definition) is 4. The minimum Gasteiger partial charge on any atom is -0.383 e. The van der Waals surface area contributed by atoms with Crippen molar-refractivity contribution in [2.45, 2.75) is 33.3 Å². The molecule has 1 unspecified atom stereocenters. The van der Waals surface area contributed by atoms with E-state index in [2.05, 4.69) is 4.98 Å². The fourth-order valence-electron chi connectivity index (χ4n) is 1.73.